The minimum Gasteiger partial charge on any atom is -0.350 e. The summed E-state index contributed by atoms with van der Waals surface area (Å²) < 4.78 is 98.4. The maximum atomic E-state index is 15.8. The van der Waals surface area contributed by atoms with Crippen LogP contribution in [0.15, 0.2) is 65.1 Å². The fourth-order valence-electron chi connectivity index (χ4n) is 5.16. The Balaban J connectivity index is 1.86. The molecule has 0 radical (unpaired) electrons. The van der Waals surface area contributed by atoms with Crippen LogP contribution in [0.1, 0.15) is 12.5 Å². The zero-order valence-corrected chi connectivity index (χ0v) is 24.0. The van der Waals surface area contributed by atoms with Gasteiger partial charge < -0.3 is 9.80 Å². The van der Waals surface area contributed by atoms with Crippen LogP contribution in [0.4, 0.5) is 27.8 Å². The lowest BCUT2D eigenvalue weighted by atomic mass is 10.0. The Morgan fingerprint density at radius 2 is 1.82 bits per heavy atom. The largest absolute Gasteiger partial charge is 0.417 e. The van der Waals surface area contributed by atoms with Crippen molar-refractivity contribution in [2.75, 3.05) is 30.8 Å². The topological polar surface area (TPSA) is 118 Å². The third-order valence-corrected chi connectivity index (χ3v) is 8.10. The summed E-state index contributed by atoms with van der Waals surface area (Å²) in [5, 5.41) is -0.771. The van der Waals surface area contributed by atoms with Crippen molar-refractivity contribution in [3.8, 4) is 16.9 Å². The second-order valence-electron chi connectivity index (χ2n) is 10.0. The molecule has 16 heteroatoms. The van der Waals surface area contributed by atoms with Crippen LogP contribution in [0.25, 0.3) is 28.0 Å². The SMILES string of the molecule is C=CC(=O)N1CCN(c2nc(=O)n(-c3cccnc3S(C)(=O)=O)c3nc(-c4c(F)cccc4C(F)(F)F)c(F)cc23)[C@@H](C)C1. The molecular weight excluding hydrogens is 611 g/mol. The maximum Gasteiger partial charge on any atom is 0.417 e. The summed E-state index contributed by atoms with van der Waals surface area (Å²) in [4.78, 5) is 40.9. The number of nitrogens with zero attached hydrogens (tertiary/aromatic N) is 6. The van der Waals surface area contributed by atoms with Gasteiger partial charge in [0.25, 0.3) is 0 Å². The van der Waals surface area contributed by atoms with Crippen molar-refractivity contribution >= 4 is 32.6 Å². The molecule has 4 heterocycles. The molecule has 10 nitrogen and oxygen atoms in total. The lowest BCUT2D eigenvalue weighted by molar-refractivity contribution is -0.137. The standard InChI is InChI=1S/C28H23F5N6O4S/c1-4-21(40)37-11-12-38(15(2)14-37)24-16-13-19(30)23(22-17(28(31,32)33)7-5-8-18(22)29)35-25(16)39(27(41)36-24)20-9-6-10-34-26(20)44(3,42)43/h4-10,13,15H,1,11-12,14H2,2-3H3/t15-/m0/s1. The van der Waals surface area contributed by atoms with Gasteiger partial charge in [0.1, 0.15) is 17.3 Å². The van der Waals surface area contributed by atoms with E-state index >= 15 is 4.39 Å². The number of fused-ring (bicyclic) bond motifs is 1. The Morgan fingerprint density at radius 1 is 1.09 bits per heavy atom. The average molecular weight is 635 g/mol. The van der Waals surface area contributed by atoms with Crippen molar-refractivity contribution in [2.45, 2.75) is 24.2 Å². The monoisotopic (exact) mass is 634 g/mol. The number of anilines is 1. The predicted octanol–water partition coefficient (Wildman–Crippen LogP) is 3.77. The summed E-state index contributed by atoms with van der Waals surface area (Å²) in [6, 6.07) is 4.85. The van der Waals surface area contributed by atoms with Gasteiger partial charge in [0.05, 0.1) is 22.2 Å². The van der Waals surface area contributed by atoms with E-state index in [0.717, 1.165) is 30.7 Å². The van der Waals surface area contributed by atoms with Crippen LogP contribution in [-0.4, -0.2) is 70.7 Å². The van der Waals surface area contributed by atoms with E-state index in [1.54, 1.807) is 11.8 Å². The fourth-order valence-corrected chi connectivity index (χ4v) is 5.95. The first-order valence-corrected chi connectivity index (χ1v) is 14.9. The molecule has 1 amide bonds. The highest BCUT2D eigenvalue weighted by Gasteiger charge is 2.37. The quantitative estimate of drug-likeness (QED) is 0.241. The van der Waals surface area contributed by atoms with E-state index in [2.05, 4.69) is 21.5 Å². The highest BCUT2D eigenvalue weighted by Crippen LogP contribution is 2.40. The Kier molecular flexibility index (Phi) is 7.73. The number of carbonyl (C=O) groups excluding carboxylic acids is 1. The summed E-state index contributed by atoms with van der Waals surface area (Å²) in [6.07, 6.45) is -1.99. The van der Waals surface area contributed by atoms with E-state index in [1.165, 1.54) is 17.0 Å². The van der Waals surface area contributed by atoms with Crippen LogP contribution in [0.2, 0.25) is 0 Å². The molecule has 1 aliphatic rings. The van der Waals surface area contributed by atoms with Crippen LogP contribution >= 0.6 is 0 Å². The molecule has 3 aromatic heterocycles. The van der Waals surface area contributed by atoms with E-state index < -0.39 is 66.9 Å². The van der Waals surface area contributed by atoms with Crippen LogP contribution in [0, 0.1) is 11.6 Å². The van der Waals surface area contributed by atoms with Gasteiger partial charge in [-0.05, 0) is 43.3 Å². The number of alkyl halides is 3. The van der Waals surface area contributed by atoms with E-state index in [9.17, 15) is 35.6 Å². The zero-order valence-electron chi connectivity index (χ0n) is 23.1. The summed E-state index contributed by atoms with van der Waals surface area (Å²) in [5.41, 5.74) is -5.74. The lowest BCUT2D eigenvalue weighted by Gasteiger charge is -2.40. The van der Waals surface area contributed by atoms with E-state index in [4.69, 9.17) is 0 Å². The van der Waals surface area contributed by atoms with Gasteiger partial charge >= 0.3 is 11.9 Å². The number of pyridine rings is 2. The minimum atomic E-state index is -5.10. The highest BCUT2D eigenvalue weighted by molar-refractivity contribution is 7.90. The second-order valence-corrected chi connectivity index (χ2v) is 12.0. The zero-order chi connectivity index (χ0) is 32.1. The molecule has 1 atom stereocenters. The first-order valence-electron chi connectivity index (χ1n) is 13.0. The molecule has 0 saturated carbocycles. The summed E-state index contributed by atoms with van der Waals surface area (Å²) in [6.45, 7) is 5.62. The van der Waals surface area contributed by atoms with Gasteiger partial charge in [-0.15, -0.1) is 0 Å². The number of benzene rings is 1. The lowest BCUT2D eigenvalue weighted by Crippen LogP contribution is -2.54. The molecule has 0 spiro atoms. The Morgan fingerprint density at radius 3 is 2.45 bits per heavy atom. The van der Waals surface area contributed by atoms with Crippen molar-refractivity contribution in [1.82, 2.24) is 24.4 Å². The Bertz CT molecular complexity index is 2000. The number of amides is 1. The maximum absolute atomic E-state index is 15.8. The number of aromatic nitrogens is 4. The van der Waals surface area contributed by atoms with Crippen molar-refractivity contribution in [3.63, 3.8) is 0 Å². The molecule has 230 valence electrons. The van der Waals surface area contributed by atoms with Crippen LogP contribution < -0.4 is 10.6 Å². The van der Waals surface area contributed by atoms with E-state index in [0.29, 0.717) is 16.7 Å². The molecular formula is C28H23F5N6O4S. The Hall–Kier alpha value is -4.73. The third-order valence-electron chi connectivity index (χ3n) is 7.09. The highest BCUT2D eigenvalue weighted by atomic mass is 32.2. The summed E-state index contributed by atoms with van der Waals surface area (Å²) >= 11 is 0. The van der Waals surface area contributed by atoms with Gasteiger partial charge in [-0.2, -0.15) is 18.2 Å². The summed E-state index contributed by atoms with van der Waals surface area (Å²) in [7, 11) is -4.09. The van der Waals surface area contributed by atoms with Gasteiger partial charge in [0, 0.05) is 38.1 Å². The molecule has 1 fully saturated rings. The van der Waals surface area contributed by atoms with Crippen molar-refractivity contribution in [2.24, 2.45) is 0 Å². The van der Waals surface area contributed by atoms with Gasteiger partial charge in [0.2, 0.25) is 5.91 Å². The first-order chi connectivity index (χ1) is 20.6. The number of sulfone groups is 1. The number of piperazine rings is 1. The predicted molar refractivity (Wildman–Crippen MR) is 150 cm³/mol. The smallest absolute Gasteiger partial charge is 0.350 e. The number of carbonyl (C=O) groups is 1. The van der Waals surface area contributed by atoms with E-state index in [-0.39, 0.29) is 42.4 Å². The number of hydrogen-bond acceptors (Lipinski definition) is 8. The molecule has 1 aromatic carbocycles. The molecule has 4 aromatic rings. The molecule has 1 aliphatic heterocycles. The molecule has 0 aliphatic carbocycles. The van der Waals surface area contributed by atoms with Crippen molar-refractivity contribution in [3.05, 3.63) is 82.9 Å². The van der Waals surface area contributed by atoms with Gasteiger partial charge in [-0.25, -0.2) is 36.5 Å². The minimum absolute atomic E-state index is 0.114. The average Bonchev–Trinajstić information content (AvgIpc) is 2.95. The first kappa shape index (κ1) is 30.7. The van der Waals surface area contributed by atoms with Crippen LogP contribution in [-0.2, 0) is 20.8 Å². The number of hydrogen-bond donors (Lipinski definition) is 0. The third kappa shape index (κ3) is 5.40. The van der Waals surface area contributed by atoms with Gasteiger partial charge in [0.15, 0.2) is 26.3 Å². The van der Waals surface area contributed by atoms with Crippen molar-refractivity contribution in [1.29, 1.82) is 0 Å². The van der Waals surface area contributed by atoms with E-state index in [1.807, 2.05) is 0 Å². The molecule has 44 heavy (non-hydrogen) atoms. The molecule has 5 rings (SSSR count). The second kappa shape index (κ2) is 11.1. The normalized spacial score (nSPS) is 15.9. The summed E-state index contributed by atoms with van der Waals surface area (Å²) in [5.74, 6) is -3.24. The molecule has 0 bridgehead atoms. The van der Waals surface area contributed by atoms with Gasteiger partial charge in [-0.3, -0.25) is 4.79 Å². The fraction of sp³-hybridized carbons (Fsp3) is 0.250. The van der Waals surface area contributed by atoms with Crippen LogP contribution in [0.3, 0.4) is 0 Å². The molecule has 1 saturated heterocycles. The van der Waals surface area contributed by atoms with Crippen LogP contribution in [0.5, 0.6) is 0 Å². The number of rotatable bonds is 5. The van der Waals surface area contributed by atoms with Gasteiger partial charge in [-0.1, -0.05) is 12.6 Å². The molecule has 0 unspecified atom stereocenters. The van der Waals surface area contributed by atoms with Crippen molar-refractivity contribution < 1.29 is 35.2 Å². The molecule has 0 N–H and O–H groups in total. The Labute approximate surface area is 247 Å². The number of halogens is 5.